The molecule has 0 aliphatic rings. The molecule has 1 heterocycles. The first kappa shape index (κ1) is 16.6. The zero-order chi connectivity index (χ0) is 14.3. The molecule has 0 bridgehead atoms. The van der Waals surface area contributed by atoms with Crippen LogP contribution in [0.4, 0.5) is 0 Å². The van der Waals surface area contributed by atoms with Crippen LogP contribution in [0.1, 0.15) is 23.1 Å². The Morgan fingerprint density at radius 3 is 2.63 bits per heavy atom. The van der Waals surface area contributed by atoms with E-state index in [1.54, 1.807) is 11.3 Å². The summed E-state index contributed by atoms with van der Waals surface area (Å²) in [4.78, 5) is 4.67. The predicted molar refractivity (Wildman–Crippen MR) is 82.4 cm³/mol. The first-order chi connectivity index (χ1) is 8.90. The summed E-state index contributed by atoms with van der Waals surface area (Å²) in [6.45, 7) is 5.52. The van der Waals surface area contributed by atoms with Crippen LogP contribution in [-0.4, -0.2) is 45.5 Å². The van der Waals surface area contributed by atoms with E-state index in [2.05, 4.69) is 29.3 Å². The van der Waals surface area contributed by atoms with Gasteiger partial charge in [-0.1, -0.05) is 6.92 Å². The van der Waals surface area contributed by atoms with E-state index in [0.29, 0.717) is 6.54 Å². The van der Waals surface area contributed by atoms with Crippen molar-refractivity contribution in [2.75, 3.05) is 32.1 Å². The van der Waals surface area contributed by atoms with E-state index in [-0.39, 0.29) is 5.75 Å². The summed E-state index contributed by atoms with van der Waals surface area (Å²) in [6, 6.07) is 4.28. The molecule has 19 heavy (non-hydrogen) atoms. The van der Waals surface area contributed by atoms with Gasteiger partial charge in [-0.15, -0.1) is 11.3 Å². The molecule has 110 valence electrons. The van der Waals surface area contributed by atoms with E-state index < -0.39 is 9.84 Å². The topological polar surface area (TPSA) is 49.4 Å². The monoisotopic (exact) mass is 304 g/mol. The highest BCUT2D eigenvalue weighted by atomic mass is 32.2. The fourth-order valence-electron chi connectivity index (χ4n) is 1.66. The van der Waals surface area contributed by atoms with Crippen molar-refractivity contribution in [2.45, 2.75) is 26.4 Å². The maximum atomic E-state index is 11.1. The maximum absolute atomic E-state index is 11.1. The fraction of sp³-hybridized carbons (Fsp3) is 0.692. The van der Waals surface area contributed by atoms with Crippen LogP contribution in [0.15, 0.2) is 12.1 Å². The first-order valence-electron chi connectivity index (χ1n) is 6.55. The van der Waals surface area contributed by atoms with Gasteiger partial charge in [0.15, 0.2) is 0 Å². The quantitative estimate of drug-likeness (QED) is 0.706. The van der Waals surface area contributed by atoms with E-state index in [9.17, 15) is 8.42 Å². The fourth-order valence-corrected chi connectivity index (χ4v) is 3.37. The van der Waals surface area contributed by atoms with Gasteiger partial charge in [-0.25, -0.2) is 8.42 Å². The summed E-state index contributed by atoms with van der Waals surface area (Å²) in [5, 5.41) is 3.38. The minimum Gasteiger partial charge on any atom is -0.312 e. The molecule has 0 spiro atoms. The van der Waals surface area contributed by atoms with Gasteiger partial charge in [-0.3, -0.25) is 0 Å². The van der Waals surface area contributed by atoms with Gasteiger partial charge in [0.1, 0.15) is 9.84 Å². The summed E-state index contributed by atoms with van der Waals surface area (Å²) in [6.07, 6.45) is 2.43. The highest BCUT2D eigenvalue weighted by molar-refractivity contribution is 7.90. The molecular weight excluding hydrogens is 280 g/mol. The third-order valence-electron chi connectivity index (χ3n) is 2.71. The predicted octanol–water partition coefficient (Wildman–Crippen LogP) is 1.72. The summed E-state index contributed by atoms with van der Waals surface area (Å²) >= 11 is 1.79. The average molecular weight is 304 g/mol. The van der Waals surface area contributed by atoms with Gasteiger partial charge in [0.25, 0.3) is 0 Å². The van der Waals surface area contributed by atoms with Crippen molar-refractivity contribution in [3.63, 3.8) is 0 Å². The molecule has 0 atom stereocenters. The lowest BCUT2D eigenvalue weighted by atomic mass is 10.4. The van der Waals surface area contributed by atoms with Gasteiger partial charge in [-0.2, -0.15) is 0 Å². The number of sulfone groups is 1. The Kier molecular flexibility index (Phi) is 6.99. The second-order valence-electron chi connectivity index (χ2n) is 4.91. The highest BCUT2D eigenvalue weighted by Crippen LogP contribution is 2.17. The molecule has 1 N–H and O–H groups in total. The van der Waals surface area contributed by atoms with Crippen molar-refractivity contribution < 1.29 is 8.42 Å². The van der Waals surface area contributed by atoms with Crippen molar-refractivity contribution in [3.8, 4) is 0 Å². The van der Waals surface area contributed by atoms with Gasteiger partial charge in [-0.05, 0) is 32.1 Å². The summed E-state index contributed by atoms with van der Waals surface area (Å²) < 4.78 is 22.2. The third-order valence-corrected chi connectivity index (χ3v) is 4.71. The molecule has 0 saturated carbocycles. The van der Waals surface area contributed by atoms with Crippen molar-refractivity contribution in [3.05, 3.63) is 21.9 Å². The Morgan fingerprint density at radius 1 is 1.32 bits per heavy atom. The zero-order valence-electron chi connectivity index (χ0n) is 12.0. The highest BCUT2D eigenvalue weighted by Gasteiger charge is 2.07. The summed E-state index contributed by atoms with van der Waals surface area (Å²) in [5.41, 5.74) is 0. The lowest BCUT2D eigenvalue weighted by Gasteiger charge is -2.14. The molecule has 0 aliphatic heterocycles. The summed E-state index contributed by atoms with van der Waals surface area (Å²) in [7, 11) is -0.911. The van der Waals surface area contributed by atoms with Crippen molar-refractivity contribution in [2.24, 2.45) is 0 Å². The molecular formula is C13H24N2O2S2. The van der Waals surface area contributed by atoms with Crippen LogP contribution in [0.5, 0.6) is 0 Å². The lowest BCUT2D eigenvalue weighted by Crippen LogP contribution is -2.24. The van der Waals surface area contributed by atoms with Gasteiger partial charge in [0.2, 0.25) is 0 Å². The van der Waals surface area contributed by atoms with Crippen LogP contribution >= 0.6 is 11.3 Å². The van der Waals surface area contributed by atoms with Crippen molar-refractivity contribution in [1.82, 2.24) is 10.2 Å². The van der Waals surface area contributed by atoms with E-state index in [1.807, 2.05) is 7.05 Å². The maximum Gasteiger partial charge on any atom is 0.148 e. The van der Waals surface area contributed by atoms with Gasteiger partial charge >= 0.3 is 0 Å². The Morgan fingerprint density at radius 2 is 2.00 bits per heavy atom. The van der Waals surface area contributed by atoms with E-state index in [0.717, 1.165) is 26.1 Å². The molecule has 0 fully saturated rings. The number of thiophene rings is 1. The van der Waals surface area contributed by atoms with Crippen molar-refractivity contribution in [1.29, 1.82) is 0 Å². The zero-order valence-corrected chi connectivity index (χ0v) is 13.6. The Balaban J connectivity index is 2.36. The van der Waals surface area contributed by atoms with Crippen LogP contribution in [0.25, 0.3) is 0 Å². The van der Waals surface area contributed by atoms with Gasteiger partial charge in [0.05, 0.1) is 5.75 Å². The van der Waals surface area contributed by atoms with Crippen LogP contribution in [0.2, 0.25) is 0 Å². The number of rotatable bonds is 9. The number of nitrogens with one attached hydrogen (secondary N) is 1. The molecule has 6 heteroatoms. The van der Waals surface area contributed by atoms with Crippen LogP contribution in [0.3, 0.4) is 0 Å². The number of nitrogens with zero attached hydrogens (tertiary/aromatic N) is 1. The minimum atomic E-state index is -2.87. The molecule has 0 unspecified atom stereocenters. The Bertz CT molecular complexity index is 469. The van der Waals surface area contributed by atoms with Crippen LogP contribution < -0.4 is 5.32 Å². The van der Waals surface area contributed by atoms with Crippen LogP contribution in [-0.2, 0) is 22.9 Å². The lowest BCUT2D eigenvalue weighted by molar-refractivity contribution is 0.349. The van der Waals surface area contributed by atoms with Crippen LogP contribution in [0, 0.1) is 0 Å². The molecule has 0 amide bonds. The Hall–Kier alpha value is -0.430. The summed E-state index contributed by atoms with van der Waals surface area (Å²) in [5.74, 6) is 0.222. The molecule has 1 rings (SSSR count). The van der Waals surface area contributed by atoms with Gasteiger partial charge < -0.3 is 10.2 Å². The molecule has 0 radical (unpaired) electrons. The van der Waals surface area contributed by atoms with E-state index >= 15 is 0 Å². The molecule has 1 aromatic rings. The number of hydrogen-bond acceptors (Lipinski definition) is 5. The largest absolute Gasteiger partial charge is 0.312 e. The van der Waals surface area contributed by atoms with Crippen molar-refractivity contribution >= 4 is 21.2 Å². The molecule has 1 aromatic heterocycles. The molecule has 0 aliphatic carbocycles. The standard InChI is InChI=1S/C13H24N2O2S2/c1-4-7-14-10-12-5-6-13(18-12)11-15(2)8-9-19(3,16)17/h5-6,14H,4,7-11H2,1-3H3. The van der Waals surface area contributed by atoms with Gasteiger partial charge in [0, 0.05) is 35.6 Å². The average Bonchev–Trinajstić information content (AvgIpc) is 2.74. The van der Waals surface area contributed by atoms with E-state index in [4.69, 9.17) is 0 Å². The second kappa shape index (κ2) is 7.99. The molecule has 0 aromatic carbocycles. The Labute approximate surface area is 120 Å². The third kappa shape index (κ3) is 7.67. The van der Waals surface area contributed by atoms with E-state index in [1.165, 1.54) is 16.0 Å². The molecule has 0 saturated heterocycles. The first-order valence-corrected chi connectivity index (χ1v) is 9.43. The minimum absolute atomic E-state index is 0.222. The normalized spacial score (nSPS) is 12.2. The smallest absolute Gasteiger partial charge is 0.148 e. The SMILES string of the molecule is CCCNCc1ccc(CN(C)CCS(C)(=O)=O)s1. The number of hydrogen-bond donors (Lipinski definition) is 1. The second-order valence-corrected chi connectivity index (χ2v) is 8.43. The molecule has 4 nitrogen and oxygen atoms in total.